The number of carbonyl (C=O) groups is 1. The van der Waals surface area contributed by atoms with Gasteiger partial charge in [-0.05, 0) is 33.7 Å². The van der Waals surface area contributed by atoms with Crippen molar-refractivity contribution in [3.63, 3.8) is 0 Å². The van der Waals surface area contributed by atoms with E-state index in [0.29, 0.717) is 22.7 Å². The zero-order valence-corrected chi connectivity index (χ0v) is 11.8. The van der Waals surface area contributed by atoms with Gasteiger partial charge in [0, 0.05) is 18.6 Å². The molecule has 2 rings (SSSR count). The first-order valence-corrected chi connectivity index (χ1v) is 6.96. The molecule has 1 fully saturated rings. The van der Waals surface area contributed by atoms with Crippen LogP contribution < -0.4 is 5.32 Å². The lowest BCUT2D eigenvalue weighted by molar-refractivity contribution is 0.0701. The van der Waals surface area contributed by atoms with Gasteiger partial charge in [0.15, 0.2) is 5.13 Å². The molecule has 0 aliphatic carbocycles. The minimum absolute atomic E-state index is 0.332. The predicted octanol–water partition coefficient (Wildman–Crippen LogP) is 2.04. The van der Waals surface area contributed by atoms with Gasteiger partial charge in [-0.2, -0.15) is 0 Å². The number of aryl methyl sites for hydroxylation is 1. The first-order valence-electron chi connectivity index (χ1n) is 6.15. The summed E-state index contributed by atoms with van der Waals surface area (Å²) >= 11 is 1.23. The number of rotatable bonds is 3. The molecule has 2 heterocycles. The predicted molar refractivity (Wildman–Crippen MR) is 72.5 cm³/mol. The Bertz CT molecular complexity index is 447. The fraction of sp³-hybridized carbons (Fsp3) is 0.667. The normalized spacial score (nSPS) is 25.1. The number of anilines is 1. The number of likely N-dealkylation sites (tertiary alicyclic amines) is 1. The van der Waals surface area contributed by atoms with Crippen molar-refractivity contribution < 1.29 is 9.90 Å². The highest BCUT2D eigenvalue weighted by atomic mass is 32.1. The van der Waals surface area contributed by atoms with Crippen molar-refractivity contribution in [3.05, 3.63) is 10.6 Å². The molecule has 18 heavy (non-hydrogen) atoms. The number of nitrogens with zero attached hydrogens (tertiary/aromatic N) is 2. The summed E-state index contributed by atoms with van der Waals surface area (Å²) in [4.78, 5) is 17.9. The fourth-order valence-electron chi connectivity index (χ4n) is 2.25. The van der Waals surface area contributed by atoms with Crippen LogP contribution in [0.1, 0.15) is 35.1 Å². The Balaban J connectivity index is 2.02. The first-order chi connectivity index (χ1) is 8.47. The van der Waals surface area contributed by atoms with Crippen molar-refractivity contribution >= 4 is 22.4 Å². The molecule has 5 nitrogen and oxygen atoms in total. The second-order valence-corrected chi connectivity index (χ2v) is 5.93. The van der Waals surface area contributed by atoms with Gasteiger partial charge in [0.25, 0.3) is 0 Å². The number of nitrogens with one attached hydrogen (secondary N) is 1. The molecule has 0 spiro atoms. The van der Waals surface area contributed by atoms with Gasteiger partial charge < -0.3 is 15.3 Å². The van der Waals surface area contributed by atoms with Gasteiger partial charge in [0.2, 0.25) is 0 Å². The lowest BCUT2D eigenvalue weighted by atomic mass is 9.99. The Kier molecular flexibility index (Phi) is 3.87. The van der Waals surface area contributed by atoms with E-state index in [2.05, 4.69) is 29.2 Å². The summed E-state index contributed by atoms with van der Waals surface area (Å²) in [5, 5.41) is 13.1. The maximum Gasteiger partial charge on any atom is 0.347 e. The summed E-state index contributed by atoms with van der Waals surface area (Å²) in [6.07, 6.45) is 2.14. The summed E-state index contributed by atoms with van der Waals surface area (Å²) < 4.78 is 0. The molecule has 1 aliphatic heterocycles. The molecule has 0 aromatic carbocycles. The SMILES string of the molecule is Cc1nc(NC2CCN(C)C(C)C2)sc1C(=O)O. The molecule has 0 saturated carbocycles. The molecule has 6 heteroatoms. The van der Waals surface area contributed by atoms with Gasteiger partial charge in [-0.3, -0.25) is 0 Å². The van der Waals surface area contributed by atoms with Crippen molar-refractivity contribution in [2.24, 2.45) is 0 Å². The minimum Gasteiger partial charge on any atom is -0.477 e. The Morgan fingerprint density at radius 1 is 1.61 bits per heavy atom. The second kappa shape index (κ2) is 5.24. The summed E-state index contributed by atoms with van der Waals surface area (Å²) in [7, 11) is 2.14. The van der Waals surface area contributed by atoms with Crippen molar-refractivity contribution in [2.75, 3.05) is 18.9 Å². The van der Waals surface area contributed by atoms with Crippen LogP contribution in [-0.2, 0) is 0 Å². The highest BCUT2D eigenvalue weighted by molar-refractivity contribution is 7.17. The molecule has 0 radical (unpaired) electrons. The standard InChI is InChI=1S/C12H19N3O2S/c1-7-6-9(4-5-15(7)3)14-12-13-8(2)10(18-12)11(16)17/h7,9H,4-6H2,1-3H3,(H,13,14)(H,16,17). The fourth-order valence-corrected chi connectivity index (χ4v) is 3.13. The van der Waals surface area contributed by atoms with Crippen LogP contribution in [0.2, 0.25) is 0 Å². The number of aromatic carboxylic acids is 1. The zero-order valence-electron chi connectivity index (χ0n) is 10.9. The summed E-state index contributed by atoms with van der Waals surface area (Å²) in [6, 6.07) is 0.944. The largest absolute Gasteiger partial charge is 0.477 e. The third kappa shape index (κ3) is 2.81. The minimum atomic E-state index is -0.894. The molecular formula is C12H19N3O2S. The molecule has 2 atom stereocenters. The Morgan fingerprint density at radius 3 is 2.89 bits per heavy atom. The van der Waals surface area contributed by atoms with Crippen LogP contribution in [0.25, 0.3) is 0 Å². The monoisotopic (exact) mass is 269 g/mol. The summed E-state index contributed by atoms with van der Waals surface area (Å²) in [5.74, 6) is -0.894. The smallest absolute Gasteiger partial charge is 0.347 e. The highest BCUT2D eigenvalue weighted by Gasteiger charge is 2.24. The van der Waals surface area contributed by atoms with Crippen molar-refractivity contribution in [1.29, 1.82) is 0 Å². The maximum atomic E-state index is 11.0. The van der Waals surface area contributed by atoms with Crippen LogP contribution in [-0.4, -0.2) is 46.6 Å². The number of carboxylic acids is 1. The van der Waals surface area contributed by atoms with Crippen LogP contribution in [0, 0.1) is 6.92 Å². The van der Waals surface area contributed by atoms with E-state index in [4.69, 9.17) is 5.11 Å². The summed E-state index contributed by atoms with van der Waals surface area (Å²) in [5.41, 5.74) is 0.593. The van der Waals surface area contributed by atoms with Crippen LogP contribution in [0.5, 0.6) is 0 Å². The highest BCUT2D eigenvalue weighted by Crippen LogP contribution is 2.26. The van der Waals surface area contributed by atoms with Gasteiger partial charge in [0.05, 0.1) is 5.69 Å². The van der Waals surface area contributed by atoms with Gasteiger partial charge >= 0.3 is 5.97 Å². The third-order valence-electron chi connectivity index (χ3n) is 3.53. The van der Waals surface area contributed by atoms with Crippen LogP contribution in [0.15, 0.2) is 0 Å². The Labute approximate surface area is 111 Å². The summed E-state index contributed by atoms with van der Waals surface area (Å²) in [6.45, 7) is 5.01. The molecular weight excluding hydrogens is 250 g/mol. The lowest BCUT2D eigenvalue weighted by Crippen LogP contribution is -2.42. The average molecular weight is 269 g/mol. The Hall–Kier alpha value is -1.14. The van der Waals surface area contributed by atoms with Gasteiger partial charge in [0.1, 0.15) is 4.88 Å². The Morgan fingerprint density at radius 2 is 2.33 bits per heavy atom. The van der Waals surface area contributed by atoms with Crippen molar-refractivity contribution in [2.45, 2.75) is 38.8 Å². The van der Waals surface area contributed by atoms with Gasteiger partial charge in [-0.15, -0.1) is 0 Å². The molecule has 2 unspecified atom stereocenters. The molecule has 100 valence electrons. The second-order valence-electron chi connectivity index (χ2n) is 4.93. The zero-order chi connectivity index (χ0) is 13.3. The van der Waals surface area contributed by atoms with E-state index in [0.717, 1.165) is 24.5 Å². The van der Waals surface area contributed by atoms with Gasteiger partial charge in [-0.25, -0.2) is 9.78 Å². The molecule has 1 aromatic rings. The van der Waals surface area contributed by atoms with E-state index in [9.17, 15) is 4.79 Å². The number of thiazole rings is 1. The molecule has 0 bridgehead atoms. The lowest BCUT2D eigenvalue weighted by Gasteiger charge is -2.35. The quantitative estimate of drug-likeness (QED) is 0.879. The van der Waals surface area contributed by atoms with Crippen LogP contribution >= 0.6 is 11.3 Å². The molecule has 1 aliphatic rings. The number of hydrogen-bond donors (Lipinski definition) is 2. The van der Waals surface area contributed by atoms with E-state index in [-0.39, 0.29) is 0 Å². The molecule has 0 amide bonds. The number of hydrogen-bond acceptors (Lipinski definition) is 5. The van der Waals surface area contributed by atoms with Crippen molar-refractivity contribution in [3.8, 4) is 0 Å². The molecule has 2 N–H and O–H groups in total. The molecule has 1 saturated heterocycles. The van der Waals surface area contributed by atoms with E-state index < -0.39 is 5.97 Å². The molecule has 1 aromatic heterocycles. The average Bonchev–Trinajstić information content (AvgIpc) is 2.65. The van der Waals surface area contributed by atoms with Crippen molar-refractivity contribution in [1.82, 2.24) is 9.88 Å². The van der Waals surface area contributed by atoms with Crippen LogP contribution in [0.4, 0.5) is 5.13 Å². The van der Waals surface area contributed by atoms with E-state index >= 15 is 0 Å². The number of carboxylic acid groups (broad SMARTS) is 1. The number of aromatic nitrogens is 1. The third-order valence-corrected chi connectivity index (χ3v) is 4.60. The number of piperidine rings is 1. The first kappa shape index (κ1) is 13.3. The van der Waals surface area contributed by atoms with E-state index in [1.165, 1.54) is 11.3 Å². The topological polar surface area (TPSA) is 65.5 Å². The van der Waals surface area contributed by atoms with E-state index in [1.54, 1.807) is 6.92 Å². The van der Waals surface area contributed by atoms with Gasteiger partial charge in [-0.1, -0.05) is 11.3 Å². The maximum absolute atomic E-state index is 11.0. The van der Waals surface area contributed by atoms with Crippen LogP contribution in [0.3, 0.4) is 0 Å². The van der Waals surface area contributed by atoms with E-state index in [1.807, 2.05) is 0 Å².